The lowest BCUT2D eigenvalue weighted by atomic mass is 9.84. The molecule has 0 fully saturated rings. The average molecular weight is 304 g/mol. The van der Waals surface area contributed by atoms with Gasteiger partial charge in [0.25, 0.3) is 0 Å². The monoisotopic (exact) mass is 304 g/mol. The van der Waals surface area contributed by atoms with E-state index < -0.39 is 0 Å². The van der Waals surface area contributed by atoms with E-state index in [9.17, 15) is 5.11 Å². The number of hydrogen-bond acceptors (Lipinski definition) is 1. The van der Waals surface area contributed by atoms with Crippen LogP contribution in [-0.4, -0.2) is 5.11 Å². The zero-order chi connectivity index (χ0) is 10.9. The second kappa shape index (κ2) is 4.09. The van der Waals surface area contributed by atoms with E-state index in [2.05, 4.69) is 55.5 Å². The van der Waals surface area contributed by atoms with Gasteiger partial charge in [-0.25, -0.2) is 0 Å². The molecule has 78 valence electrons. The molecule has 2 heteroatoms. The van der Waals surface area contributed by atoms with Gasteiger partial charge >= 0.3 is 0 Å². The van der Waals surface area contributed by atoms with Crippen molar-refractivity contribution in [2.24, 2.45) is 0 Å². The van der Waals surface area contributed by atoms with Crippen molar-refractivity contribution in [1.29, 1.82) is 0 Å². The van der Waals surface area contributed by atoms with Crippen LogP contribution in [0.1, 0.15) is 37.5 Å². The van der Waals surface area contributed by atoms with E-state index in [-0.39, 0.29) is 5.41 Å². The van der Waals surface area contributed by atoms with E-state index in [0.717, 1.165) is 15.6 Å². The van der Waals surface area contributed by atoms with Gasteiger partial charge in [0.1, 0.15) is 5.75 Å². The molecule has 0 aliphatic carbocycles. The summed E-state index contributed by atoms with van der Waals surface area (Å²) in [6, 6.07) is 4.16. The second-order valence-electron chi connectivity index (χ2n) is 4.69. The summed E-state index contributed by atoms with van der Waals surface area (Å²) in [5, 5.41) is 9.95. The predicted octanol–water partition coefficient (Wildman–Crippen LogP) is 3.93. The Morgan fingerprint density at radius 3 is 2.29 bits per heavy atom. The highest BCUT2D eigenvalue weighted by Gasteiger charge is 2.19. The minimum atomic E-state index is 0.0106. The van der Waals surface area contributed by atoms with E-state index >= 15 is 0 Å². The number of halogens is 1. The van der Waals surface area contributed by atoms with Crippen LogP contribution >= 0.6 is 22.6 Å². The molecule has 0 bridgehead atoms. The molecule has 1 aromatic rings. The Morgan fingerprint density at radius 2 is 1.86 bits per heavy atom. The zero-order valence-electron chi connectivity index (χ0n) is 9.19. The summed E-state index contributed by atoms with van der Waals surface area (Å²) in [6.45, 7) is 8.33. The van der Waals surface area contributed by atoms with Gasteiger partial charge in [0.2, 0.25) is 0 Å². The molecule has 0 atom stereocenters. The Balaban J connectivity index is 3.35. The number of phenolic OH excluding ortho intramolecular Hbond substituents is 1. The van der Waals surface area contributed by atoms with Gasteiger partial charge in [0.05, 0.1) is 0 Å². The van der Waals surface area contributed by atoms with Crippen LogP contribution in [-0.2, 0) is 9.84 Å². The van der Waals surface area contributed by atoms with Crippen LogP contribution in [0.5, 0.6) is 5.75 Å². The van der Waals surface area contributed by atoms with Gasteiger partial charge in [-0.2, -0.15) is 0 Å². The van der Waals surface area contributed by atoms with E-state index in [1.165, 1.54) is 5.56 Å². The number of hydrogen-bond donors (Lipinski definition) is 1. The maximum atomic E-state index is 9.95. The first-order valence-corrected chi connectivity index (χ1v) is 6.27. The molecule has 0 aliphatic rings. The Hall–Kier alpha value is -0.250. The lowest BCUT2D eigenvalue weighted by Crippen LogP contribution is -2.12. The molecule has 1 nitrogen and oxygen atoms in total. The van der Waals surface area contributed by atoms with Crippen molar-refractivity contribution < 1.29 is 5.11 Å². The number of aromatic hydroxyl groups is 1. The van der Waals surface area contributed by atoms with Crippen molar-refractivity contribution in [2.45, 2.75) is 37.5 Å². The van der Waals surface area contributed by atoms with Crippen molar-refractivity contribution in [3.63, 3.8) is 0 Å². The minimum absolute atomic E-state index is 0.0106. The summed E-state index contributed by atoms with van der Waals surface area (Å²) >= 11 is 2.34. The van der Waals surface area contributed by atoms with Crippen LogP contribution in [0.4, 0.5) is 0 Å². The maximum absolute atomic E-state index is 9.95. The Kier molecular flexibility index (Phi) is 3.45. The van der Waals surface area contributed by atoms with E-state index in [1.807, 2.05) is 6.92 Å². The normalized spacial score (nSPS) is 11.8. The molecule has 0 saturated carbocycles. The van der Waals surface area contributed by atoms with Crippen molar-refractivity contribution in [1.82, 2.24) is 0 Å². The van der Waals surface area contributed by atoms with E-state index in [4.69, 9.17) is 0 Å². The molecule has 0 unspecified atom stereocenters. The average Bonchev–Trinajstić information content (AvgIpc) is 2.07. The number of aryl methyl sites for hydroxylation is 1. The summed E-state index contributed by atoms with van der Waals surface area (Å²) < 4.78 is 0.988. The second-order valence-corrected chi connectivity index (χ2v) is 5.46. The highest BCUT2D eigenvalue weighted by molar-refractivity contribution is 14.1. The van der Waals surface area contributed by atoms with E-state index in [1.54, 1.807) is 0 Å². The minimum Gasteiger partial charge on any atom is -0.507 e. The van der Waals surface area contributed by atoms with Crippen molar-refractivity contribution in [3.05, 3.63) is 28.8 Å². The van der Waals surface area contributed by atoms with Crippen LogP contribution in [0.25, 0.3) is 0 Å². The highest BCUT2D eigenvalue weighted by Crippen LogP contribution is 2.34. The van der Waals surface area contributed by atoms with Gasteiger partial charge in [0.15, 0.2) is 0 Å². The third kappa shape index (κ3) is 2.41. The van der Waals surface area contributed by atoms with Crippen molar-refractivity contribution in [2.75, 3.05) is 0 Å². The number of alkyl halides is 1. The summed E-state index contributed by atoms with van der Waals surface area (Å²) in [5.41, 5.74) is 3.32. The van der Waals surface area contributed by atoms with E-state index in [0.29, 0.717) is 5.75 Å². The van der Waals surface area contributed by atoms with Gasteiger partial charge in [-0.15, -0.1) is 0 Å². The zero-order valence-corrected chi connectivity index (χ0v) is 11.3. The topological polar surface area (TPSA) is 20.2 Å². The Labute approximate surface area is 99.7 Å². The van der Waals surface area contributed by atoms with Gasteiger partial charge in [0, 0.05) is 4.43 Å². The van der Waals surface area contributed by atoms with Crippen LogP contribution < -0.4 is 0 Å². The number of rotatable bonds is 1. The molecule has 0 aromatic heterocycles. The molecular formula is C12H17IO. The molecule has 0 aliphatic heterocycles. The smallest absolute Gasteiger partial charge is 0.122 e. The molecule has 0 spiro atoms. The van der Waals surface area contributed by atoms with Crippen LogP contribution in [0.2, 0.25) is 0 Å². The molecule has 1 aromatic carbocycles. The van der Waals surface area contributed by atoms with Gasteiger partial charge in [-0.3, -0.25) is 0 Å². The van der Waals surface area contributed by atoms with Crippen LogP contribution in [0.15, 0.2) is 12.1 Å². The summed E-state index contributed by atoms with van der Waals surface area (Å²) in [4.78, 5) is 0. The highest BCUT2D eigenvalue weighted by atomic mass is 127. The maximum Gasteiger partial charge on any atom is 0.122 e. The summed E-state index contributed by atoms with van der Waals surface area (Å²) in [7, 11) is 0. The lowest BCUT2D eigenvalue weighted by Gasteiger charge is -2.22. The first kappa shape index (κ1) is 11.8. The SMILES string of the molecule is Cc1cc(CI)cc(C(C)(C)C)c1O. The van der Waals surface area contributed by atoms with Crippen molar-refractivity contribution >= 4 is 22.6 Å². The van der Waals surface area contributed by atoms with Crippen molar-refractivity contribution in [3.8, 4) is 5.75 Å². The molecule has 0 saturated heterocycles. The number of benzene rings is 1. The molecular weight excluding hydrogens is 287 g/mol. The van der Waals surface area contributed by atoms with Gasteiger partial charge in [-0.05, 0) is 29.0 Å². The summed E-state index contributed by atoms with van der Waals surface area (Å²) in [6.07, 6.45) is 0. The Morgan fingerprint density at radius 1 is 1.29 bits per heavy atom. The first-order valence-electron chi connectivity index (χ1n) is 4.75. The molecule has 1 rings (SSSR count). The molecule has 14 heavy (non-hydrogen) atoms. The molecule has 0 heterocycles. The van der Waals surface area contributed by atoms with Crippen LogP contribution in [0, 0.1) is 6.92 Å². The summed E-state index contributed by atoms with van der Waals surface area (Å²) in [5.74, 6) is 0.450. The Bertz CT molecular complexity index is 337. The number of phenols is 1. The quantitative estimate of drug-likeness (QED) is 0.615. The van der Waals surface area contributed by atoms with Gasteiger partial charge < -0.3 is 5.11 Å². The third-order valence-electron chi connectivity index (χ3n) is 2.32. The van der Waals surface area contributed by atoms with Gasteiger partial charge in [-0.1, -0.05) is 55.5 Å². The molecule has 0 radical (unpaired) electrons. The predicted molar refractivity (Wildman–Crippen MR) is 69.3 cm³/mol. The largest absolute Gasteiger partial charge is 0.507 e. The molecule has 1 N–H and O–H groups in total. The fourth-order valence-electron chi connectivity index (χ4n) is 1.50. The fraction of sp³-hybridized carbons (Fsp3) is 0.500. The third-order valence-corrected chi connectivity index (χ3v) is 3.20. The van der Waals surface area contributed by atoms with Crippen LogP contribution in [0.3, 0.4) is 0 Å². The fourth-order valence-corrected chi connectivity index (χ4v) is 1.94. The standard InChI is InChI=1S/C12H17IO/c1-8-5-9(7-13)6-10(11(8)14)12(2,3)4/h5-6,14H,7H2,1-4H3. The first-order chi connectivity index (χ1) is 6.36. The molecule has 0 amide bonds. The lowest BCUT2D eigenvalue weighted by molar-refractivity contribution is 0.442.